The standard InChI is InChI=1S/C23H32N4O3/c1-3-26(4-2)21(28)17-27-16-19(18-10-5-6-11-20(18)27)22(29)23(30)24-12-9-15-25-13-7-8-14-25/h5-6,10-11,16H,3-4,7-9,12-15,17H2,1-2H3,(H,24,30). The van der Waals surface area contributed by atoms with Crippen LogP contribution in [0.25, 0.3) is 10.9 Å². The van der Waals surface area contributed by atoms with Gasteiger partial charge in [0.1, 0.15) is 6.54 Å². The maximum absolute atomic E-state index is 12.8. The first-order chi connectivity index (χ1) is 14.5. The number of hydrogen-bond donors (Lipinski definition) is 1. The Kier molecular flexibility index (Phi) is 7.63. The SMILES string of the molecule is CCN(CC)C(=O)Cn1cc(C(=O)C(=O)NCCCN2CCCC2)c2ccccc21. The molecule has 7 heteroatoms. The molecule has 2 aromatic rings. The fourth-order valence-electron chi connectivity index (χ4n) is 4.09. The molecule has 1 saturated heterocycles. The van der Waals surface area contributed by atoms with Crippen molar-refractivity contribution in [2.24, 2.45) is 0 Å². The number of likely N-dealkylation sites (tertiary alicyclic amines) is 1. The highest BCUT2D eigenvalue weighted by molar-refractivity contribution is 6.45. The Hall–Kier alpha value is -2.67. The lowest BCUT2D eigenvalue weighted by Crippen LogP contribution is -2.34. The van der Waals surface area contributed by atoms with Crippen molar-refractivity contribution in [3.63, 3.8) is 0 Å². The molecule has 7 nitrogen and oxygen atoms in total. The van der Waals surface area contributed by atoms with Gasteiger partial charge in [-0.05, 0) is 58.8 Å². The topological polar surface area (TPSA) is 74.6 Å². The molecule has 1 aliphatic rings. The van der Waals surface area contributed by atoms with Crippen LogP contribution in [0.4, 0.5) is 0 Å². The fraction of sp³-hybridized carbons (Fsp3) is 0.522. The van der Waals surface area contributed by atoms with Crippen molar-refractivity contribution in [2.75, 3.05) is 39.3 Å². The third-order valence-corrected chi connectivity index (χ3v) is 5.80. The predicted molar refractivity (Wildman–Crippen MR) is 117 cm³/mol. The van der Waals surface area contributed by atoms with E-state index in [-0.39, 0.29) is 12.5 Å². The van der Waals surface area contributed by atoms with E-state index >= 15 is 0 Å². The van der Waals surface area contributed by atoms with Gasteiger partial charge in [0.2, 0.25) is 5.91 Å². The molecule has 0 unspecified atom stereocenters. The Morgan fingerprint density at radius 1 is 1.07 bits per heavy atom. The summed E-state index contributed by atoms with van der Waals surface area (Å²) < 4.78 is 1.77. The maximum Gasteiger partial charge on any atom is 0.292 e. The van der Waals surface area contributed by atoms with E-state index in [4.69, 9.17) is 0 Å². The molecule has 0 saturated carbocycles. The van der Waals surface area contributed by atoms with Crippen LogP contribution in [0.3, 0.4) is 0 Å². The normalized spacial score (nSPS) is 14.2. The van der Waals surface area contributed by atoms with Crippen molar-refractivity contribution in [1.82, 2.24) is 19.7 Å². The van der Waals surface area contributed by atoms with Crippen LogP contribution in [0.5, 0.6) is 0 Å². The average molecular weight is 413 g/mol. The van der Waals surface area contributed by atoms with Crippen LogP contribution in [0.2, 0.25) is 0 Å². The van der Waals surface area contributed by atoms with Crippen molar-refractivity contribution in [3.05, 3.63) is 36.0 Å². The van der Waals surface area contributed by atoms with Gasteiger partial charge in [0.15, 0.2) is 0 Å². The Balaban J connectivity index is 1.67. The van der Waals surface area contributed by atoms with Crippen molar-refractivity contribution in [2.45, 2.75) is 39.7 Å². The number of benzene rings is 1. The average Bonchev–Trinajstić information content (AvgIpc) is 3.40. The van der Waals surface area contributed by atoms with Gasteiger partial charge in [0.25, 0.3) is 11.7 Å². The van der Waals surface area contributed by atoms with Crippen molar-refractivity contribution in [1.29, 1.82) is 0 Å². The zero-order chi connectivity index (χ0) is 21.5. The van der Waals surface area contributed by atoms with Crippen LogP contribution >= 0.6 is 0 Å². The minimum Gasteiger partial charge on any atom is -0.349 e. The molecule has 2 heterocycles. The maximum atomic E-state index is 12.8. The third-order valence-electron chi connectivity index (χ3n) is 5.80. The lowest BCUT2D eigenvalue weighted by molar-refractivity contribution is -0.131. The highest BCUT2D eigenvalue weighted by Crippen LogP contribution is 2.22. The van der Waals surface area contributed by atoms with E-state index in [1.807, 2.05) is 38.1 Å². The van der Waals surface area contributed by atoms with Gasteiger partial charge >= 0.3 is 0 Å². The summed E-state index contributed by atoms with van der Waals surface area (Å²) in [5, 5.41) is 3.45. The first kappa shape index (κ1) is 22.0. The van der Waals surface area contributed by atoms with Crippen LogP contribution in [0.1, 0.15) is 43.5 Å². The molecular formula is C23H32N4O3. The second-order valence-electron chi connectivity index (χ2n) is 7.74. The quantitative estimate of drug-likeness (QED) is 0.369. The summed E-state index contributed by atoms with van der Waals surface area (Å²) in [6.07, 6.45) is 4.95. The number of carbonyl (C=O) groups is 3. The van der Waals surface area contributed by atoms with Gasteiger partial charge in [-0.2, -0.15) is 0 Å². The van der Waals surface area contributed by atoms with Gasteiger partial charge in [-0.15, -0.1) is 0 Å². The largest absolute Gasteiger partial charge is 0.349 e. The van der Waals surface area contributed by atoms with E-state index < -0.39 is 11.7 Å². The lowest BCUT2D eigenvalue weighted by Gasteiger charge is -2.19. The highest BCUT2D eigenvalue weighted by atomic mass is 16.2. The highest BCUT2D eigenvalue weighted by Gasteiger charge is 2.22. The number of nitrogens with zero attached hydrogens (tertiary/aromatic N) is 3. The molecule has 1 aromatic carbocycles. The summed E-state index contributed by atoms with van der Waals surface area (Å²) in [4.78, 5) is 42.0. The van der Waals surface area contributed by atoms with E-state index in [0.717, 1.165) is 31.6 Å². The summed E-state index contributed by atoms with van der Waals surface area (Å²) in [6.45, 7) is 8.99. The number of aromatic nitrogens is 1. The molecular weight excluding hydrogens is 380 g/mol. The van der Waals surface area contributed by atoms with E-state index in [9.17, 15) is 14.4 Å². The molecule has 3 rings (SSSR count). The number of amides is 2. The number of fused-ring (bicyclic) bond motifs is 1. The number of rotatable bonds is 10. The number of carbonyl (C=O) groups excluding carboxylic acids is 3. The number of hydrogen-bond acceptors (Lipinski definition) is 4. The monoisotopic (exact) mass is 412 g/mol. The van der Waals surface area contributed by atoms with Crippen molar-refractivity contribution >= 4 is 28.5 Å². The van der Waals surface area contributed by atoms with E-state index in [1.54, 1.807) is 15.7 Å². The summed E-state index contributed by atoms with van der Waals surface area (Å²) in [5.74, 6) is -1.15. The van der Waals surface area contributed by atoms with E-state index in [1.165, 1.54) is 12.8 Å². The van der Waals surface area contributed by atoms with Gasteiger partial charge in [-0.25, -0.2) is 0 Å². The van der Waals surface area contributed by atoms with E-state index in [0.29, 0.717) is 30.6 Å². The fourth-order valence-corrected chi connectivity index (χ4v) is 4.09. The van der Waals surface area contributed by atoms with Gasteiger partial charge < -0.3 is 19.7 Å². The van der Waals surface area contributed by atoms with Gasteiger partial charge in [-0.1, -0.05) is 18.2 Å². The summed E-state index contributed by atoms with van der Waals surface area (Å²) in [7, 11) is 0. The number of ketones is 1. The number of likely N-dealkylation sites (N-methyl/N-ethyl adjacent to an activating group) is 1. The molecule has 0 bridgehead atoms. The molecule has 1 fully saturated rings. The molecule has 30 heavy (non-hydrogen) atoms. The molecule has 1 N–H and O–H groups in total. The molecule has 1 aliphatic heterocycles. The molecule has 0 atom stereocenters. The zero-order valence-electron chi connectivity index (χ0n) is 18.0. The number of nitrogens with one attached hydrogen (secondary N) is 1. The number of Topliss-reactive ketones (excluding diaryl/α,β-unsaturated/α-hetero) is 1. The van der Waals surface area contributed by atoms with Gasteiger partial charge in [0.05, 0.1) is 5.56 Å². The van der Waals surface area contributed by atoms with Crippen molar-refractivity contribution < 1.29 is 14.4 Å². The molecule has 0 spiro atoms. The summed E-state index contributed by atoms with van der Waals surface area (Å²) in [6, 6.07) is 7.40. The summed E-state index contributed by atoms with van der Waals surface area (Å²) >= 11 is 0. The summed E-state index contributed by atoms with van der Waals surface area (Å²) in [5.41, 5.74) is 1.12. The van der Waals surface area contributed by atoms with E-state index in [2.05, 4.69) is 10.2 Å². The molecule has 2 amide bonds. The first-order valence-corrected chi connectivity index (χ1v) is 11.0. The van der Waals surface area contributed by atoms with Crippen LogP contribution in [-0.2, 0) is 16.1 Å². The minimum absolute atomic E-state index is 0.00823. The molecule has 0 radical (unpaired) electrons. The molecule has 1 aromatic heterocycles. The van der Waals surface area contributed by atoms with Gasteiger partial charge in [0, 0.05) is 36.7 Å². The second-order valence-corrected chi connectivity index (χ2v) is 7.74. The lowest BCUT2D eigenvalue weighted by atomic mass is 10.1. The predicted octanol–water partition coefficient (Wildman–Crippen LogP) is 2.29. The van der Waals surface area contributed by atoms with Crippen LogP contribution in [0.15, 0.2) is 30.5 Å². The smallest absolute Gasteiger partial charge is 0.292 e. The Morgan fingerprint density at radius 2 is 1.77 bits per heavy atom. The van der Waals surface area contributed by atoms with Crippen molar-refractivity contribution in [3.8, 4) is 0 Å². The van der Waals surface area contributed by atoms with Crippen LogP contribution < -0.4 is 5.32 Å². The Bertz CT molecular complexity index is 895. The van der Waals surface area contributed by atoms with Gasteiger partial charge in [-0.3, -0.25) is 14.4 Å². The zero-order valence-corrected chi connectivity index (χ0v) is 18.0. The first-order valence-electron chi connectivity index (χ1n) is 11.0. The third kappa shape index (κ3) is 5.08. The minimum atomic E-state index is -0.589. The van der Waals surface area contributed by atoms with Crippen LogP contribution in [-0.4, -0.2) is 71.2 Å². The Morgan fingerprint density at radius 3 is 2.47 bits per heavy atom. The second kappa shape index (κ2) is 10.4. The molecule has 0 aliphatic carbocycles. The van der Waals surface area contributed by atoms with Crippen LogP contribution in [0, 0.1) is 0 Å². The number of para-hydroxylation sites is 1. The molecule has 162 valence electrons. The Labute approximate surface area is 178 Å².